The lowest BCUT2D eigenvalue weighted by atomic mass is 9.72. The number of esters is 3. The maximum absolute atomic E-state index is 13.5. The molecule has 0 bridgehead atoms. The van der Waals surface area contributed by atoms with Crippen LogP contribution < -0.4 is 0 Å². The van der Waals surface area contributed by atoms with E-state index in [1.54, 1.807) is 0 Å². The molecule has 0 saturated heterocycles. The van der Waals surface area contributed by atoms with Crippen LogP contribution in [0.15, 0.2) is 0 Å². The monoisotopic (exact) mass is 1340 g/mol. The Labute approximate surface area is 598 Å². The topological polar surface area (TPSA) is 78.9 Å². The highest BCUT2D eigenvalue weighted by Gasteiger charge is 2.44. The van der Waals surface area contributed by atoms with E-state index in [-0.39, 0.29) is 31.1 Å². The van der Waals surface area contributed by atoms with Crippen LogP contribution in [-0.2, 0) is 28.6 Å². The molecular formula is C90H166O6. The fraction of sp³-hybridized carbons (Fsp3) is 0.967. The molecule has 5 fully saturated rings. The molecule has 0 aromatic rings. The number of carbonyl (C=O) groups is 3. The van der Waals surface area contributed by atoms with Gasteiger partial charge in [-0.2, -0.15) is 0 Å². The second-order valence-corrected chi connectivity index (χ2v) is 36.7. The van der Waals surface area contributed by atoms with Gasteiger partial charge in [0.1, 0.15) is 13.2 Å². The molecule has 0 amide bonds. The summed E-state index contributed by atoms with van der Waals surface area (Å²) in [7, 11) is 0. The van der Waals surface area contributed by atoms with E-state index in [0.717, 1.165) is 176 Å². The number of ether oxygens (including phenoxy) is 3. The Morgan fingerprint density at radius 1 is 0.271 bits per heavy atom. The molecule has 6 heteroatoms. The second kappa shape index (κ2) is 49.9. The summed E-state index contributed by atoms with van der Waals surface area (Å²) >= 11 is 0. The molecule has 0 aromatic carbocycles. The maximum Gasteiger partial charge on any atom is 0.306 e. The summed E-state index contributed by atoms with van der Waals surface area (Å²) in [6, 6.07) is 0. The summed E-state index contributed by atoms with van der Waals surface area (Å²) in [6.07, 6.45) is 63.8. The summed E-state index contributed by atoms with van der Waals surface area (Å²) in [5, 5.41) is 0. The van der Waals surface area contributed by atoms with E-state index >= 15 is 0 Å². The van der Waals surface area contributed by atoms with E-state index in [4.69, 9.17) is 14.2 Å². The van der Waals surface area contributed by atoms with Crippen molar-refractivity contribution >= 4 is 17.9 Å². The van der Waals surface area contributed by atoms with Crippen molar-refractivity contribution in [2.24, 2.45) is 118 Å². The molecule has 0 heterocycles. The molecule has 0 aliphatic heterocycles. The minimum atomic E-state index is -0.784. The molecule has 0 spiro atoms. The summed E-state index contributed by atoms with van der Waals surface area (Å²) < 4.78 is 17.7. The third-order valence-corrected chi connectivity index (χ3v) is 26.3. The van der Waals surface area contributed by atoms with Crippen LogP contribution in [0.2, 0.25) is 0 Å². The number of unbranched alkanes of at least 4 members (excludes halogenated alkanes) is 19. The second-order valence-electron chi connectivity index (χ2n) is 36.7. The number of hydrogen-bond acceptors (Lipinski definition) is 6. The van der Waals surface area contributed by atoms with Gasteiger partial charge in [-0.1, -0.05) is 244 Å². The largest absolute Gasteiger partial charge is 0.462 e. The first kappa shape index (κ1) is 85.1. The average Bonchev–Trinajstić information content (AvgIpc) is 1.68. The first-order valence-corrected chi connectivity index (χ1v) is 43.9. The van der Waals surface area contributed by atoms with Crippen molar-refractivity contribution in [3.8, 4) is 0 Å². The normalized spacial score (nSPS) is 28.0. The van der Waals surface area contributed by atoms with Crippen molar-refractivity contribution in [2.45, 2.75) is 424 Å². The van der Waals surface area contributed by atoms with Gasteiger partial charge in [0.2, 0.25) is 0 Å². The lowest BCUT2D eigenvalue weighted by Gasteiger charge is -2.33. The van der Waals surface area contributed by atoms with E-state index in [1.165, 1.54) is 250 Å². The van der Waals surface area contributed by atoms with Crippen LogP contribution in [0.4, 0.5) is 0 Å². The lowest BCUT2D eigenvalue weighted by Crippen LogP contribution is -2.30. The van der Waals surface area contributed by atoms with Crippen LogP contribution in [-0.4, -0.2) is 37.2 Å². The minimum absolute atomic E-state index is 0.0612. The zero-order chi connectivity index (χ0) is 69.5. The first-order chi connectivity index (χ1) is 46.4. The van der Waals surface area contributed by atoms with Crippen LogP contribution in [0.1, 0.15) is 417 Å². The molecular weight excluding hydrogens is 1180 g/mol. The van der Waals surface area contributed by atoms with Crippen molar-refractivity contribution in [2.75, 3.05) is 13.2 Å². The first-order valence-electron chi connectivity index (χ1n) is 43.9. The van der Waals surface area contributed by atoms with Gasteiger partial charge in [-0.25, -0.2) is 0 Å². The predicted octanol–water partition coefficient (Wildman–Crippen LogP) is 27.5. The predicted molar refractivity (Wildman–Crippen MR) is 411 cm³/mol. The number of hydrogen-bond donors (Lipinski definition) is 0. The molecule has 562 valence electrons. The molecule has 6 nitrogen and oxygen atoms in total. The minimum Gasteiger partial charge on any atom is -0.462 e. The maximum atomic E-state index is 13.5. The van der Waals surface area contributed by atoms with Crippen LogP contribution in [0.25, 0.3) is 0 Å². The van der Waals surface area contributed by atoms with Gasteiger partial charge in [-0.15, -0.1) is 0 Å². The van der Waals surface area contributed by atoms with Gasteiger partial charge in [0.05, 0.1) is 0 Å². The zero-order valence-electron chi connectivity index (χ0n) is 66.6. The molecule has 96 heavy (non-hydrogen) atoms. The smallest absolute Gasteiger partial charge is 0.306 e. The highest BCUT2D eigenvalue weighted by molar-refractivity contribution is 5.71. The fourth-order valence-corrected chi connectivity index (χ4v) is 21.8. The van der Waals surface area contributed by atoms with Crippen molar-refractivity contribution < 1.29 is 28.6 Å². The van der Waals surface area contributed by atoms with Crippen LogP contribution >= 0.6 is 0 Å². The average molecular weight is 1340 g/mol. The van der Waals surface area contributed by atoms with Crippen LogP contribution in [0.3, 0.4) is 0 Å². The van der Waals surface area contributed by atoms with Gasteiger partial charge in [0.25, 0.3) is 0 Å². The van der Waals surface area contributed by atoms with Crippen LogP contribution in [0.5, 0.6) is 0 Å². The quantitative estimate of drug-likeness (QED) is 0.0343. The molecule has 5 rings (SSSR count). The molecule has 0 aromatic heterocycles. The van der Waals surface area contributed by atoms with Crippen molar-refractivity contribution in [3.63, 3.8) is 0 Å². The summed E-state index contributed by atoms with van der Waals surface area (Å²) in [5.74, 6) is 17.1. The van der Waals surface area contributed by atoms with Crippen molar-refractivity contribution in [1.82, 2.24) is 0 Å². The Morgan fingerprint density at radius 2 is 0.521 bits per heavy atom. The Hall–Kier alpha value is -1.59. The molecule has 5 saturated carbocycles. The van der Waals surface area contributed by atoms with E-state index in [0.29, 0.717) is 19.3 Å². The van der Waals surface area contributed by atoms with Gasteiger partial charge >= 0.3 is 17.9 Å². The van der Waals surface area contributed by atoms with Crippen molar-refractivity contribution in [3.05, 3.63) is 0 Å². The highest BCUT2D eigenvalue weighted by atomic mass is 16.6. The summed E-state index contributed by atoms with van der Waals surface area (Å²) in [4.78, 5) is 40.1. The van der Waals surface area contributed by atoms with E-state index in [1.807, 2.05) is 0 Å². The Morgan fingerprint density at radius 3 is 0.885 bits per heavy atom. The van der Waals surface area contributed by atoms with Gasteiger partial charge in [-0.3, -0.25) is 14.4 Å². The van der Waals surface area contributed by atoms with Gasteiger partial charge in [-0.05, 0) is 272 Å². The highest BCUT2D eigenvalue weighted by Crippen LogP contribution is 2.54. The molecule has 16 atom stereocenters. The third kappa shape index (κ3) is 33.7. The number of rotatable bonds is 56. The standard InChI is InChI=1S/C90H166O6/c1-14-17-20-32-39-72-48-50-74(58-67(4)5)83(72)43-34-25-22-27-36-45-88(91)94-65-82(96-90(93)47-38-29-21-24-33-40-73-49-51-78(62-71(12)13)87(73)64-81-57-54-77(61-70(10)11)86(81)42-31-19-16-3)66-95-89(92)46-37-28-23-26-35-44-85-76(60-69(8)9)53-56-80(85)63-79-55-52-75(59-68(6)7)84(79)41-30-18-15-2/h67-87H,14-66H2,1-13H3. The van der Waals surface area contributed by atoms with Gasteiger partial charge < -0.3 is 14.2 Å². The molecule has 5 aliphatic carbocycles. The zero-order valence-corrected chi connectivity index (χ0v) is 66.6. The fourth-order valence-electron chi connectivity index (χ4n) is 21.8. The Bertz CT molecular complexity index is 1960. The molecule has 5 aliphatic rings. The SMILES string of the molecule is CCCCCCC1CCC(CC(C)C)C1CCCCCCCC(=O)OCC(COC(=O)CCCCCCCC1C(CC(C)C)CCC1CC1CCC(CC(C)C)C1CCCCC)OC(=O)CCCCCCCC1CCC(CC(C)C)C1CC1CCC(CC(C)C)C1CCCCC. The van der Waals surface area contributed by atoms with E-state index in [2.05, 4.69) is 90.0 Å². The van der Waals surface area contributed by atoms with Gasteiger partial charge in [0, 0.05) is 19.3 Å². The van der Waals surface area contributed by atoms with Crippen molar-refractivity contribution in [1.29, 1.82) is 0 Å². The Balaban J connectivity index is 1.05. The van der Waals surface area contributed by atoms with Crippen LogP contribution in [0, 0.1) is 118 Å². The lowest BCUT2D eigenvalue weighted by molar-refractivity contribution is -0.167. The summed E-state index contributed by atoms with van der Waals surface area (Å²) in [6.45, 7) is 31.3. The Kier molecular flexibility index (Phi) is 44.2. The van der Waals surface area contributed by atoms with Gasteiger partial charge in [0.15, 0.2) is 6.10 Å². The van der Waals surface area contributed by atoms with E-state index in [9.17, 15) is 14.4 Å². The summed E-state index contributed by atoms with van der Waals surface area (Å²) in [5.41, 5.74) is 0. The third-order valence-electron chi connectivity index (χ3n) is 26.3. The molecule has 16 unspecified atom stereocenters. The molecule has 0 radical (unpaired) electrons. The number of carbonyl (C=O) groups excluding carboxylic acids is 3. The molecule has 0 N–H and O–H groups in total. The van der Waals surface area contributed by atoms with E-state index < -0.39 is 6.10 Å².